The Balaban J connectivity index is 1.52. The second-order valence-electron chi connectivity index (χ2n) is 8.14. The maximum atomic E-state index is 12.4. The van der Waals surface area contributed by atoms with E-state index in [4.69, 9.17) is 18.9 Å². The molecule has 0 aliphatic heterocycles. The normalized spacial score (nSPS) is 14.0. The molecule has 1 aliphatic carbocycles. The highest BCUT2D eigenvalue weighted by molar-refractivity contribution is 5.93. The number of hydrogen-bond acceptors (Lipinski definition) is 8. The largest absolute Gasteiger partial charge is 0.497 e. The minimum absolute atomic E-state index is 0.113. The van der Waals surface area contributed by atoms with E-state index in [0.717, 1.165) is 12.8 Å². The topological polar surface area (TPSA) is 136 Å². The van der Waals surface area contributed by atoms with Crippen molar-refractivity contribution in [3.63, 3.8) is 0 Å². The first-order valence-corrected chi connectivity index (χ1v) is 10.9. The quantitative estimate of drug-likeness (QED) is 0.468. The Morgan fingerprint density at radius 2 is 1.71 bits per heavy atom. The number of rotatable bonds is 11. The highest BCUT2D eigenvalue weighted by Crippen LogP contribution is 2.39. The van der Waals surface area contributed by atoms with Gasteiger partial charge < -0.3 is 29.6 Å². The number of esters is 1. The molecule has 2 aromatic carbocycles. The first kappa shape index (κ1) is 25.4. The van der Waals surface area contributed by atoms with Crippen molar-refractivity contribution in [2.24, 2.45) is 5.92 Å². The SMILES string of the molecule is COc1ccc(NC(=O)COc2ccc(C(=O)OCC(=O)N[C@](C)(C#N)C3CC3)cc2OC)cc1. The van der Waals surface area contributed by atoms with E-state index >= 15 is 0 Å². The Labute approximate surface area is 203 Å². The molecule has 0 radical (unpaired) electrons. The van der Waals surface area contributed by atoms with Gasteiger partial charge in [-0.1, -0.05) is 0 Å². The molecule has 0 saturated heterocycles. The van der Waals surface area contributed by atoms with E-state index in [1.165, 1.54) is 25.3 Å². The summed E-state index contributed by atoms with van der Waals surface area (Å²) >= 11 is 0. The predicted octanol–water partition coefficient (Wildman–Crippen LogP) is 2.69. The zero-order valence-electron chi connectivity index (χ0n) is 19.8. The third-order valence-corrected chi connectivity index (χ3v) is 5.49. The minimum atomic E-state index is -0.967. The number of anilines is 1. The molecular weight excluding hydrogens is 454 g/mol. The molecule has 1 atom stereocenters. The molecule has 2 aromatic rings. The highest BCUT2D eigenvalue weighted by atomic mass is 16.5. The molecule has 0 heterocycles. The summed E-state index contributed by atoms with van der Waals surface area (Å²) in [5.74, 6) is -0.434. The van der Waals surface area contributed by atoms with E-state index in [1.807, 2.05) is 0 Å². The smallest absolute Gasteiger partial charge is 0.338 e. The first-order valence-electron chi connectivity index (χ1n) is 10.9. The van der Waals surface area contributed by atoms with Crippen LogP contribution in [0.15, 0.2) is 42.5 Å². The maximum absolute atomic E-state index is 12.4. The number of amides is 2. The van der Waals surface area contributed by atoms with Crippen molar-refractivity contribution in [2.75, 3.05) is 32.8 Å². The molecule has 0 unspecified atom stereocenters. The summed E-state index contributed by atoms with van der Waals surface area (Å²) < 4.78 is 20.9. The van der Waals surface area contributed by atoms with Crippen LogP contribution in [-0.4, -0.2) is 50.8 Å². The summed E-state index contributed by atoms with van der Waals surface area (Å²) in [5, 5.41) is 14.7. The zero-order valence-corrected chi connectivity index (χ0v) is 19.8. The lowest BCUT2D eigenvalue weighted by atomic mass is 9.98. The Bertz CT molecular complexity index is 1120. The lowest BCUT2D eigenvalue weighted by molar-refractivity contribution is -0.125. The predicted molar refractivity (Wildman–Crippen MR) is 125 cm³/mol. The molecule has 1 fully saturated rings. The summed E-state index contributed by atoms with van der Waals surface area (Å²) in [6.07, 6.45) is 1.75. The van der Waals surface area contributed by atoms with Gasteiger partial charge in [0.15, 0.2) is 24.7 Å². The third kappa shape index (κ3) is 6.86. The molecule has 1 saturated carbocycles. The number of methoxy groups -OCH3 is 2. The fraction of sp³-hybridized carbons (Fsp3) is 0.360. The van der Waals surface area contributed by atoms with E-state index in [0.29, 0.717) is 11.4 Å². The van der Waals surface area contributed by atoms with Crippen LogP contribution >= 0.6 is 0 Å². The van der Waals surface area contributed by atoms with Gasteiger partial charge in [-0.05, 0) is 68.1 Å². The Morgan fingerprint density at radius 3 is 2.31 bits per heavy atom. The van der Waals surface area contributed by atoms with E-state index in [-0.39, 0.29) is 35.5 Å². The van der Waals surface area contributed by atoms with Gasteiger partial charge in [0.1, 0.15) is 11.3 Å². The number of nitriles is 1. The number of hydrogen-bond donors (Lipinski definition) is 2. The summed E-state index contributed by atoms with van der Waals surface area (Å²) in [7, 11) is 2.94. The lowest BCUT2D eigenvalue weighted by Gasteiger charge is -2.22. The van der Waals surface area contributed by atoms with Crippen LogP contribution in [0.5, 0.6) is 17.2 Å². The molecule has 0 bridgehead atoms. The van der Waals surface area contributed by atoms with Gasteiger partial charge in [0.05, 0.1) is 25.9 Å². The molecule has 10 heteroatoms. The monoisotopic (exact) mass is 481 g/mol. The number of benzene rings is 2. The number of carbonyl (C=O) groups excluding carboxylic acids is 3. The van der Waals surface area contributed by atoms with Crippen molar-refractivity contribution >= 4 is 23.5 Å². The Hall–Kier alpha value is -4.26. The molecule has 3 rings (SSSR count). The van der Waals surface area contributed by atoms with Crippen molar-refractivity contribution < 1.29 is 33.3 Å². The van der Waals surface area contributed by atoms with Gasteiger partial charge in [-0.3, -0.25) is 9.59 Å². The third-order valence-electron chi connectivity index (χ3n) is 5.49. The van der Waals surface area contributed by atoms with Crippen LogP contribution in [-0.2, 0) is 14.3 Å². The van der Waals surface area contributed by atoms with Crippen LogP contribution in [0.1, 0.15) is 30.1 Å². The van der Waals surface area contributed by atoms with E-state index < -0.39 is 24.0 Å². The van der Waals surface area contributed by atoms with Gasteiger partial charge >= 0.3 is 5.97 Å². The Kier molecular flexibility index (Phi) is 8.15. The van der Waals surface area contributed by atoms with Crippen molar-refractivity contribution in [2.45, 2.75) is 25.3 Å². The molecule has 10 nitrogen and oxygen atoms in total. The molecule has 0 aromatic heterocycles. The van der Waals surface area contributed by atoms with Crippen molar-refractivity contribution in [1.82, 2.24) is 5.32 Å². The second kappa shape index (κ2) is 11.2. The highest BCUT2D eigenvalue weighted by Gasteiger charge is 2.43. The fourth-order valence-corrected chi connectivity index (χ4v) is 3.35. The van der Waals surface area contributed by atoms with Crippen LogP contribution in [0.3, 0.4) is 0 Å². The number of nitrogens with zero attached hydrogens (tertiary/aromatic N) is 1. The fourth-order valence-electron chi connectivity index (χ4n) is 3.35. The molecule has 184 valence electrons. The molecule has 2 amide bonds. The zero-order chi connectivity index (χ0) is 25.4. The van der Waals surface area contributed by atoms with E-state index in [9.17, 15) is 19.6 Å². The van der Waals surface area contributed by atoms with Gasteiger partial charge in [-0.2, -0.15) is 5.26 Å². The van der Waals surface area contributed by atoms with Crippen LogP contribution in [0, 0.1) is 17.2 Å². The molecule has 1 aliphatic rings. The van der Waals surface area contributed by atoms with Crippen molar-refractivity contribution in [3.8, 4) is 23.3 Å². The average molecular weight is 482 g/mol. The van der Waals surface area contributed by atoms with E-state index in [1.54, 1.807) is 38.3 Å². The van der Waals surface area contributed by atoms with Gasteiger partial charge in [0.25, 0.3) is 11.8 Å². The molecule has 0 spiro atoms. The molecular formula is C25H27N3O7. The number of ether oxygens (including phenoxy) is 4. The summed E-state index contributed by atoms with van der Waals surface area (Å²) in [4.78, 5) is 36.7. The first-order chi connectivity index (χ1) is 16.8. The van der Waals surface area contributed by atoms with Gasteiger partial charge in [0.2, 0.25) is 0 Å². The standard InChI is InChI=1S/C25H27N3O7/c1-25(15-26,17-5-6-17)28-23(30)14-35-24(31)16-4-11-20(21(12-16)33-3)34-13-22(29)27-18-7-9-19(32-2)10-8-18/h4,7-12,17H,5-6,13-14H2,1-3H3,(H,27,29)(H,28,30)/t25-/m1/s1. The lowest BCUT2D eigenvalue weighted by Crippen LogP contribution is -2.48. The summed E-state index contributed by atoms with van der Waals surface area (Å²) in [5.41, 5.74) is -0.249. The summed E-state index contributed by atoms with van der Waals surface area (Å²) in [6.45, 7) is 0.852. The van der Waals surface area contributed by atoms with Crippen LogP contribution in [0.2, 0.25) is 0 Å². The maximum Gasteiger partial charge on any atom is 0.338 e. The number of nitrogens with one attached hydrogen (secondary N) is 2. The average Bonchev–Trinajstić information content (AvgIpc) is 3.72. The van der Waals surface area contributed by atoms with Gasteiger partial charge in [-0.15, -0.1) is 0 Å². The van der Waals surface area contributed by atoms with Crippen LogP contribution in [0.4, 0.5) is 5.69 Å². The number of carbonyl (C=O) groups is 3. The van der Waals surface area contributed by atoms with Gasteiger partial charge in [-0.25, -0.2) is 4.79 Å². The molecule has 2 N–H and O–H groups in total. The van der Waals surface area contributed by atoms with E-state index in [2.05, 4.69) is 16.7 Å². The van der Waals surface area contributed by atoms with Gasteiger partial charge in [0, 0.05) is 5.69 Å². The molecule has 35 heavy (non-hydrogen) atoms. The van der Waals surface area contributed by atoms with Crippen LogP contribution < -0.4 is 24.8 Å². The summed E-state index contributed by atoms with van der Waals surface area (Å²) in [6, 6.07) is 13.2. The second-order valence-corrected chi connectivity index (χ2v) is 8.14. The van der Waals surface area contributed by atoms with Crippen molar-refractivity contribution in [1.29, 1.82) is 5.26 Å². The minimum Gasteiger partial charge on any atom is -0.497 e. The Morgan fingerprint density at radius 1 is 1.00 bits per heavy atom. The van der Waals surface area contributed by atoms with Crippen LogP contribution in [0.25, 0.3) is 0 Å². The van der Waals surface area contributed by atoms with Crippen molar-refractivity contribution in [3.05, 3.63) is 48.0 Å².